The van der Waals surface area contributed by atoms with E-state index in [1.807, 2.05) is 23.0 Å². The van der Waals surface area contributed by atoms with Crippen LogP contribution in [0.1, 0.15) is 32.6 Å². The van der Waals surface area contributed by atoms with E-state index in [1.165, 1.54) is 0 Å². The van der Waals surface area contributed by atoms with Crippen LogP contribution in [0.5, 0.6) is 5.88 Å². The number of aromatic nitrogens is 6. The van der Waals surface area contributed by atoms with E-state index >= 15 is 0 Å². The number of imidazole rings is 1. The zero-order chi connectivity index (χ0) is 21.4. The number of ether oxygens (including phenoxy) is 1. The minimum Gasteiger partial charge on any atom is -0.480 e. The smallest absolute Gasteiger partial charge is 0.233 e. The summed E-state index contributed by atoms with van der Waals surface area (Å²) in [5.41, 5.74) is 2.52. The third kappa shape index (κ3) is 3.76. The number of H-pyrrole nitrogens is 1. The molecule has 0 atom stereocenters. The predicted molar refractivity (Wildman–Crippen MR) is 116 cm³/mol. The van der Waals surface area contributed by atoms with Crippen molar-refractivity contribution in [1.82, 2.24) is 34.6 Å². The molecule has 0 saturated heterocycles. The molecule has 1 amide bonds. The second-order valence-electron chi connectivity index (χ2n) is 7.85. The Morgan fingerprint density at radius 2 is 2.00 bits per heavy atom. The largest absolute Gasteiger partial charge is 0.480 e. The van der Waals surface area contributed by atoms with E-state index in [4.69, 9.17) is 4.74 Å². The summed E-state index contributed by atoms with van der Waals surface area (Å²) in [7, 11) is 1.61. The Labute approximate surface area is 178 Å². The van der Waals surface area contributed by atoms with Crippen molar-refractivity contribution in [1.29, 1.82) is 0 Å². The first-order chi connectivity index (χ1) is 15.1. The van der Waals surface area contributed by atoms with Crippen LogP contribution in [0, 0.1) is 0 Å². The standard InChI is InChI=1S/C21H24N8O2/c1-12(30)25-14-3-5-15(6-4-14)26-20-27-18-17(19(28-20)31-2)16(10-23-18)13-9-24-21-22-7-8-29(21)11-13/h7-11,14-15H,3-6H2,1-2H3,(H,25,30)(H2,23,26,27,28)/t14-,15-. The number of anilines is 1. The molecule has 1 aliphatic rings. The highest BCUT2D eigenvalue weighted by atomic mass is 16.5. The number of carbonyl (C=O) groups is 1. The van der Waals surface area contributed by atoms with Gasteiger partial charge in [0.1, 0.15) is 5.65 Å². The topological polar surface area (TPSA) is 122 Å². The number of hydrogen-bond donors (Lipinski definition) is 3. The molecule has 0 bridgehead atoms. The molecule has 0 radical (unpaired) electrons. The van der Waals surface area contributed by atoms with Gasteiger partial charge >= 0.3 is 0 Å². The molecule has 0 aromatic carbocycles. The third-order valence-corrected chi connectivity index (χ3v) is 5.72. The molecule has 4 aromatic heterocycles. The average Bonchev–Trinajstić information content (AvgIpc) is 3.40. The number of amides is 1. The quantitative estimate of drug-likeness (QED) is 0.453. The van der Waals surface area contributed by atoms with Gasteiger partial charge in [-0.25, -0.2) is 9.97 Å². The van der Waals surface area contributed by atoms with Gasteiger partial charge < -0.3 is 20.4 Å². The van der Waals surface area contributed by atoms with Gasteiger partial charge in [-0.15, -0.1) is 0 Å². The number of nitrogens with zero attached hydrogens (tertiary/aromatic N) is 5. The molecule has 0 spiro atoms. The first kappa shape index (κ1) is 19.3. The lowest BCUT2D eigenvalue weighted by Crippen LogP contribution is -2.39. The number of rotatable bonds is 5. The second kappa shape index (κ2) is 7.86. The molecule has 0 aliphatic heterocycles. The van der Waals surface area contributed by atoms with E-state index in [2.05, 4.69) is 35.6 Å². The summed E-state index contributed by atoms with van der Waals surface area (Å²) < 4.78 is 7.48. The maximum atomic E-state index is 11.3. The van der Waals surface area contributed by atoms with Gasteiger partial charge in [0.05, 0.1) is 12.5 Å². The lowest BCUT2D eigenvalue weighted by atomic mass is 9.91. The Kier molecular flexibility index (Phi) is 4.89. The molecule has 0 unspecified atom stereocenters. The zero-order valence-electron chi connectivity index (χ0n) is 17.4. The van der Waals surface area contributed by atoms with Crippen LogP contribution in [0.3, 0.4) is 0 Å². The molecule has 1 fully saturated rings. The average molecular weight is 420 g/mol. The summed E-state index contributed by atoms with van der Waals surface area (Å²) in [4.78, 5) is 32.4. The van der Waals surface area contributed by atoms with Crippen molar-refractivity contribution in [3.8, 4) is 17.0 Å². The second-order valence-corrected chi connectivity index (χ2v) is 7.85. The van der Waals surface area contributed by atoms with Crippen LogP contribution in [0.2, 0.25) is 0 Å². The van der Waals surface area contributed by atoms with Crippen molar-refractivity contribution in [3.05, 3.63) is 31.0 Å². The van der Waals surface area contributed by atoms with Crippen LogP contribution in [0.15, 0.2) is 31.0 Å². The van der Waals surface area contributed by atoms with E-state index in [0.29, 0.717) is 23.3 Å². The van der Waals surface area contributed by atoms with Gasteiger partial charge in [0.25, 0.3) is 0 Å². The SMILES string of the molecule is COc1nc(N[C@H]2CC[C@H](NC(C)=O)CC2)nc2[nH]cc(-c3cnc4nccn4c3)c12. The fraction of sp³-hybridized carbons (Fsp3) is 0.381. The van der Waals surface area contributed by atoms with Crippen molar-refractivity contribution in [2.24, 2.45) is 0 Å². The van der Waals surface area contributed by atoms with Crippen molar-refractivity contribution in [2.45, 2.75) is 44.7 Å². The minimum atomic E-state index is 0.0277. The number of hydrogen-bond acceptors (Lipinski definition) is 7. The van der Waals surface area contributed by atoms with Crippen molar-refractivity contribution in [3.63, 3.8) is 0 Å². The van der Waals surface area contributed by atoms with Gasteiger partial charge in [-0.1, -0.05) is 0 Å². The molecule has 4 heterocycles. The first-order valence-corrected chi connectivity index (χ1v) is 10.4. The first-order valence-electron chi connectivity index (χ1n) is 10.4. The lowest BCUT2D eigenvalue weighted by Gasteiger charge is -2.29. The molecule has 1 saturated carbocycles. The van der Waals surface area contributed by atoms with Crippen LogP contribution in [-0.2, 0) is 4.79 Å². The summed E-state index contributed by atoms with van der Waals surface area (Å²) in [6.07, 6.45) is 13.0. The van der Waals surface area contributed by atoms with Crippen molar-refractivity contribution in [2.75, 3.05) is 12.4 Å². The molecule has 4 aromatic rings. The molecule has 31 heavy (non-hydrogen) atoms. The Bertz CT molecular complexity index is 1240. The molecular formula is C21H24N8O2. The maximum Gasteiger partial charge on any atom is 0.233 e. The molecular weight excluding hydrogens is 396 g/mol. The number of carbonyl (C=O) groups excluding carboxylic acids is 1. The van der Waals surface area contributed by atoms with Gasteiger partial charge in [-0.05, 0) is 25.7 Å². The summed E-state index contributed by atoms with van der Waals surface area (Å²) >= 11 is 0. The van der Waals surface area contributed by atoms with Gasteiger partial charge in [0.2, 0.25) is 23.5 Å². The third-order valence-electron chi connectivity index (χ3n) is 5.72. The molecule has 5 rings (SSSR count). The Morgan fingerprint density at radius 1 is 1.19 bits per heavy atom. The minimum absolute atomic E-state index is 0.0277. The number of nitrogens with one attached hydrogen (secondary N) is 3. The number of aromatic amines is 1. The number of methoxy groups -OCH3 is 1. The molecule has 1 aliphatic carbocycles. The highest BCUT2D eigenvalue weighted by Crippen LogP contribution is 2.34. The Hall–Kier alpha value is -3.69. The molecule has 3 N–H and O–H groups in total. The van der Waals surface area contributed by atoms with Crippen molar-refractivity contribution < 1.29 is 9.53 Å². The number of fused-ring (bicyclic) bond motifs is 2. The summed E-state index contributed by atoms with van der Waals surface area (Å²) in [5.74, 6) is 1.71. The fourth-order valence-corrected chi connectivity index (χ4v) is 4.25. The fourth-order valence-electron chi connectivity index (χ4n) is 4.25. The molecule has 160 valence electrons. The lowest BCUT2D eigenvalue weighted by molar-refractivity contribution is -0.119. The Balaban J connectivity index is 1.40. The molecule has 10 heteroatoms. The van der Waals surface area contributed by atoms with Gasteiger partial charge in [-0.3, -0.25) is 9.20 Å². The molecule has 10 nitrogen and oxygen atoms in total. The summed E-state index contributed by atoms with van der Waals surface area (Å²) in [6, 6.07) is 0.510. The van der Waals surface area contributed by atoms with Crippen LogP contribution in [0.25, 0.3) is 27.9 Å². The van der Waals surface area contributed by atoms with Crippen LogP contribution in [-0.4, -0.2) is 54.4 Å². The van der Waals surface area contributed by atoms with E-state index in [9.17, 15) is 4.79 Å². The van der Waals surface area contributed by atoms with Crippen LogP contribution in [0.4, 0.5) is 5.95 Å². The van der Waals surface area contributed by atoms with E-state index in [0.717, 1.165) is 42.2 Å². The summed E-state index contributed by atoms with van der Waals surface area (Å²) in [6.45, 7) is 1.56. The van der Waals surface area contributed by atoms with Gasteiger partial charge in [0, 0.05) is 61.1 Å². The van der Waals surface area contributed by atoms with E-state index < -0.39 is 0 Å². The van der Waals surface area contributed by atoms with E-state index in [1.54, 1.807) is 26.4 Å². The summed E-state index contributed by atoms with van der Waals surface area (Å²) in [5, 5.41) is 7.24. The highest BCUT2D eigenvalue weighted by Gasteiger charge is 2.23. The Morgan fingerprint density at radius 3 is 2.77 bits per heavy atom. The van der Waals surface area contributed by atoms with E-state index in [-0.39, 0.29) is 18.0 Å². The van der Waals surface area contributed by atoms with Gasteiger partial charge in [0.15, 0.2) is 0 Å². The van der Waals surface area contributed by atoms with Crippen molar-refractivity contribution >= 4 is 28.7 Å². The normalized spacial score (nSPS) is 18.9. The maximum absolute atomic E-state index is 11.3. The van der Waals surface area contributed by atoms with Gasteiger partial charge in [-0.2, -0.15) is 9.97 Å². The highest BCUT2D eigenvalue weighted by molar-refractivity contribution is 5.97. The predicted octanol–water partition coefficient (Wildman–Crippen LogP) is 2.54. The van der Waals surface area contributed by atoms with Crippen LogP contribution >= 0.6 is 0 Å². The van der Waals surface area contributed by atoms with Crippen LogP contribution < -0.4 is 15.4 Å². The monoisotopic (exact) mass is 420 g/mol. The zero-order valence-corrected chi connectivity index (χ0v) is 17.4.